The van der Waals surface area contributed by atoms with Gasteiger partial charge in [-0.2, -0.15) is 0 Å². The molecule has 0 bridgehead atoms. The molecule has 1 aliphatic rings. The van der Waals surface area contributed by atoms with Gasteiger partial charge in [0.15, 0.2) is 0 Å². The molecular weight excluding hydrogens is 186 g/mol. The van der Waals surface area contributed by atoms with E-state index in [0.717, 1.165) is 37.5 Å². The second kappa shape index (κ2) is 6.49. The summed E-state index contributed by atoms with van der Waals surface area (Å²) < 4.78 is 5.45. The molecule has 1 saturated heterocycles. The van der Waals surface area contributed by atoms with E-state index in [2.05, 4.69) is 33.0 Å². The third kappa shape index (κ3) is 4.12. The van der Waals surface area contributed by atoms with Crippen molar-refractivity contribution in [3.8, 4) is 0 Å². The molecule has 2 heteroatoms. The molecule has 0 aliphatic carbocycles. The summed E-state index contributed by atoms with van der Waals surface area (Å²) in [5, 5.41) is 3.71. The molecule has 0 saturated carbocycles. The number of nitrogens with one attached hydrogen (secondary N) is 1. The summed E-state index contributed by atoms with van der Waals surface area (Å²) in [6.07, 6.45) is 2.46. The molecule has 1 fully saturated rings. The van der Waals surface area contributed by atoms with Gasteiger partial charge in [-0.1, -0.05) is 27.7 Å². The summed E-state index contributed by atoms with van der Waals surface area (Å²) in [4.78, 5) is 0. The van der Waals surface area contributed by atoms with Gasteiger partial charge >= 0.3 is 0 Å². The van der Waals surface area contributed by atoms with E-state index in [1.165, 1.54) is 12.8 Å². The summed E-state index contributed by atoms with van der Waals surface area (Å²) in [6.45, 7) is 12.3. The van der Waals surface area contributed by atoms with Gasteiger partial charge in [-0.15, -0.1) is 0 Å². The Kier molecular flexibility index (Phi) is 5.62. The van der Waals surface area contributed by atoms with Crippen LogP contribution in [0.4, 0.5) is 0 Å². The molecule has 3 unspecified atom stereocenters. The minimum absolute atomic E-state index is 0.661. The van der Waals surface area contributed by atoms with Gasteiger partial charge in [-0.3, -0.25) is 0 Å². The van der Waals surface area contributed by atoms with Crippen molar-refractivity contribution in [3.05, 3.63) is 0 Å². The van der Waals surface area contributed by atoms with Gasteiger partial charge in [0.25, 0.3) is 0 Å². The van der Waals surface area contributed by atoms with Crippen LogP contribution in [0.25, 0.3) is 0 Å². The van der Waals surface area contributed by atoms with Gasteiger partial charge in [0, 0.05) is 12.6 Å². The molecule has 3 atom stereocenters. The van der Waals surface area contributed by atoms with Gasteiger partial charge in [0.2, 0.25) is 0 Å². The van der Waals surface area contributed by atoms with Crippen molar-refractivity contribution in [2.75, 3.05) is 19.8 Å². The molecule has 0 spiro atoms. The lowest BCUT2D eigenvalue weighted by atomic mass is 9.94. The minimum Gasteiger partial charge on any atom is -0.381 e. The first-order chi connectivity index (χ1) is 7.15. The normalized spacial score (nSPS) is 25.8. The van der Waals surface area contributed by atoms with E-state index in [1.807, 2.05) is 0 Å². The molecule has 0 radical (unpaired) electrons. The van der Waals surface area contributed by atoms with Crippen LogP contribution in [-0.2, 0) is 4.74 Å². The Morgan fingerprint density at radius 3 is 2.53 bits per heavy atom. The summed E-state index contributed by atoms with van der Waals surface area (Å²) in [6, 6.07) is 0.661. The molecule has 2 nitrogen and oxygen atoms in total. The zero-order valence-corrected chi connectivity index (χ0v) is 10.8. The van der Waals surface area contributed by atoms with Crippen molar-refractivity contribution in [2.24, 2.45) is 17.8 Å². The van der Waals surface area contributed by atoms with Crippen molar-refractivity contribution in [2.45, 2.75) is 46.6 Å². The van der Waals surface area contributed by atoms with E-state index in [1.54, 1.807) is 0 Å². The van der Waals surface area contributed by atoms with Crippen LogP contribution in [0.5, 0.6) is 0 Å². The molecule has 1 heterocycles. The standard InChI is InChI=1S/C13H27NO/c1-5-13(12-6-7-15-9-12)14-8-11(4)10(2)3/h10-14H,5-9H2,1-4H3. The second-order valence-corrected chi connectivity index (χ2v) is 5.27. The molecule has 0 aromatic carbocycles. The summed E-state index contributed by atoms with van der Waals surface area (Å²) in [5.41, 5.74) is 0. The molecule has 15 heavy (non-hydrogen) atoms. The maximum atomic E-state index is 5.45. The van der Waals surface area contributed by atoms with Crippen LogP contribution in [0, 0.1) is 17.8 Å². The number of hydrogen-bond acceptors (Lipinski definition) is 2. The zero-order valence-electron chi connectivity index (χ0n) is 10.8. The van der Waals surface area contributed by atoms with Gasteiger partial charge in [0.1, 0.15) is 0 Å². The first kappa shape index (κ1) is 13.0. The Morgan fingerprint density at radius 1 is 1.33 bits per heavy atom. The van der Waals surface area contributed by atoms with Crippen LogP contribution in [0.15, 0.2) is 0 Å². The molecule has 0 amide bonds. The predicted molar refractivity (Wildman–Crippen MR) is 65.0 cm³/mol. The van der Waals surface area contributed by atoms with Gasteiger partial charge in [-0.25, -0.2) is 0 Å². The third-order valence-corrected chi connectivity index (χ3v) is 3.81. The third-order valence-electron chi connectivity index (χ3n) is 3.81. The van der Waals surface area contributed by atoms with Crippen LogP contribution in [0.1, 0.15) is 40.5 Å². The molecule has 0 aromatic rings. The molecule has 1 N–H and O–H groups in total. The Labute approximate surface area is 94.8 Å². The molecular formula is C13H27NO. The van der Waals surface area contributed by atoms with Crippen LogP contribution >= 0.6 is 0 Å². The van der Waals surface area contributed by atoms with Crippen LogP contribution in [0.3, 0.4) is 0 Å². The SMILES string of the molecule is CCC(NCC(C)C(C)C)C1CCOC1. The maximum absolute atomic E-state index is 5.45. The first-order valence-corrected chi connectivity index (χ1v) is 6.46. The largest absolute Gasteiger partial charge is 0.381 e. The fraction of sp³-hybridized carbons (Fsp3) is 1.00. The Hall–Kier alpha value is -0.0800. The molecule has 1 rings (SSSR count). The molecule has 90 valence electrons. The summed E-state index contributed by atoms with van der Waals surface area (Å²) in [5.74, 6) is 2.28. The smallest absolute Gasteiger partial charge is 0.0509 e. The molecule has 1 aliphatic heterocycles. The topological polar surface area (TPSA) is 21.3 Å². The highest BCUT2D eigenvalue weighted by Crippen LogP contribution is 2.19. The van der Waals surface area contributed by atoms with Crippen LogP contribution < -0.4 is 5.32 Å². The van der Waals surface area contributed by atoms with E-state index >= 15 is 0 Å². The van der Waals surface area contributed by atoms with Crippen LogP contribution in [-0.4, -0.2) is 25.8 Å². The van der Waals surface area contributed by atoms with E-state index in [9.17, 15) is 0 Å². The highest BCUT2D eigenvalue weighted by atomic mass is 16.5. The van der Waals surface area contributed by atoms with Crippen molar-refractivity contribution in [3.63, 3.8) is 0 Å². The highest BCUT2D eigenvalue weighted by Gasteiger charge is 2.24. The van der Waals surface area contributed by atoms with Gasteiger partial charge in [0.05, 0.1) is 6.61 Å². The first-order valence-electron chi connectivity index (χ1n) is 6.46. The highest BCUT2D eigenvalue weighted by molar-refractivity contribution is 4.79. The fourth-order valence-electron chi connectivity index (χ4n) is 2.09. The average Bonchev–Trinajstić information content (AvgIpc) is 2.71. The van der Waals surface area contributed by atoms with Crippen LogP contribution in [0.2, 0.25) is 0 Å². The second-order valence-electron chi connectivity index (χ2n) is 5.27. The fourth-order valence-corrected chi connectivity index (χ4v) is 2.09. The number of ether oxygens (including phenoxy) is 1. The monoisotopic (exact) mass is 213 g/mol. The van der Waals surface area contributed by atoms with Gasteiger partial charge in [-0.05, 0) is 37.1 Å². The van der Waals surface area contributed by atoms with Crippen molar-refractivity contribution >= 4 is 0 Å². The van der Waals surface area contributed by atoms with Crippen molar-refractivity contribution in [1.82, 2.24) is 5.32 Å². The predicted octanol–water partition coefficient (Wildman–Crippen LogP) is 2.68. The maximum Gasteiger partial charge on any atom is 0.0509 e. The Balaban J connectivity index is 2.27. The van der Waals surface area contributed by atoms with E-state index in [4.69, 9.17) is 4.74 Å². The number of hydrogen-bond donors (Lipinski definition) is 1. The van der Waals surface area contributed by atoms with E-state index in [0.29, 0.717) is 6.04 Å². The Morgan fingerprint density at radius 2 is 2.07 bits per heavy atom. The quantitative estimate of drug-likeness (QED) is 0.732. The average molecular weight is 213 g/mol. The number of rotatable bonds is 6. The lowest BCUT2D eigenvalue weighted by molar-refractivity contribution is 0.174. The van der Waals surface area contributed by atoms with E-state index < -0.39 is 0 Å². The summed E-state index contributed by atoms with van der Waals surface area (Å²) in [7, 11) is 0. The van der Waals surface area contributed by atoms with Crippen molar-refractivity contribution in [1.29, 1.82) is 0 Å². The lowest BCUT2D eigenvalue weighted by Crippen LogP contribution is -2.39. The summed E-state index contributed by atoms with van der Waals surface area (Å²) >= 11 is 0. The van der Waals surface area contributed by atoms with E-state index in [-0.39, 0.29) is 0 Å². The minimum atomic E-state index is 0.661. The lowest BCUT2D eigenvalue weighted by Gasteiger charge is -2.25. The van der Waals surface area contributed by atoms with Crippen molar-refractivity contribution < 1.29 is 4.74 Å². The zero-order chi connectivity index (χ0) is 11.3. The van der Waals surface area contributed by atoms with Gasteiger partial charge < -0.3 is 10.1 Å². The Bertz CT molecular complexity index is 164. The molecule has 0 aromatic heterocycles.